The Morgan fingerprint density at radius 2 is 1.95 bits per heavy atom. The third-order valence-corrected chi connectivity index (χ3v) is 5.07. The van der Waals surface area contributed by atoms with E-state index in [0.717, 1.165) is 30.5 Å². The molecule has 1 saturated heterocycles. The summed E-state index contributed by atoms with van der Waals surface area (Å²) in [5.74, 6) is -0.633. The van der Waals surface area contributed by atoms with E-state index >= 15 is 0 Å². The van der Waals surface area contributed by atoms with Gasteiger partial charge in [-0.25, -0.2) is 0 Å². The summed E-state index contributed by atoms with van der Waals surface area (Å²) in [6, 6.07) is 7.72. The van der Waals surface area contributed by atoms with Crippen molar-refractivity contribution < 1.29 is 14.7 Å². The first-order valence-corrected chi connectivity index (χ1v) is 7.92. The molecular formula is C17H22N2O3. The highest BCUT2D eigenvalue weighted by atomic mass is 16.4. The molecule has 22 heavy (non-hydrogen) atoms. The molecule has 1 saturated carbocycles. The molecule has 0 bridgehead atoms. The van der Waals surface area contributed by atoms with Gasteiger partial charge < -0.3 is 5.11 Å². The number of hydrazine groups is 1. The Bertz CT molecular complexity index is 593. The number of amides is 1. The summed E-state index contributed by atoms with van der Waals surface area (Å²) < 4.78 is 0. The van der Waals surface area contributed by atoms with Gasteiger partial charge in [-0.1, -0.05) is 31.4 Å². The van der Waals surface area contributed by atoms with Crippen LogP contribution in [0.3, 0.4) is 0 Å². The van der Waals surface area contributed by atoms with E-state index < -0.39 is 11.4 Å². The van der Waals surface area contributed by atoms with E-state index in [9.17, 15) is 14.7 Å². The van der Waals surface area contributed by atoms with Crippen LogP contribution in [0.25, 0.3) is 0 Å². The Labute approximate surface area is 130 Å². The number of carbonyl (C=O) groups excluding carboxylic acids is 1. The van der Waals surface area contributed by atoms with Crippen LogP contribution in [0.1, 0.15) is 44.1 Å². The van der Waals surface area contributed by atoms with Crippen LogP contribution in [0.15, 0.2) is 24.3 Å². The monoisotopic (exact) mass is 302 g/mol. The van der Waals surface area contributed by atoms with Crippen molar-refractivity contribution in [3.8, 4) is 0 Å². The van der Waals surface area contributed by atoms with Gasteiger partial charge in [-0.05, 0) is 30.5 Å². The molecule has 0 aromatic heterocycles. The summed E-state index contributed by atoms with van der Waals surface area (Å²) in [5.41, 5.74) is 0.998. The molecule has 0 unspecified atom stereocenters. The molecule has 1 N–H and O–H groups in total. The first kappa shape index (κ1) is 14.9. The Kier molecular flexibility index (Phi) is 3.81. The largest absolute Gasteiger partial charge is 0.481 e. The zero-order valence-electron chi connectivity index (χ0n) is 12.9. The van der Waals surface area contributed by atoms with E-state index in [2.05, 4.69) is 0 Å². The number of nitrogens with zero attached hydrogens (tertiary/aromatic N) is 2. The van der Waals surface area contributed by atoms with E-state index in [0.29, 0.717) is 25.8 Å². The third-order valence-electron chi connectivity index (χ3n) is 5.07. The Morgan fingerprint density at radius 3 is 2.55 bits per heavy atom. The second-order valence-electron chi connectivity index (χ2n) is 6.29. The lowest BCUT2D eigenvalue weighted by atomic mass is 9.69. The summed E-state index contributed by atoms with van der Waals surface area (Å²) in [4.78, 5) is 23.7. The fourth-order valence-electron chi connectivity index (χ4n) is 3.70. The van der Waals surface area contributed by atoms with Crippen molar-refractivity contribution in [2.75, 3.05) is 18.6 Å². The van der Waals surface area contributed by atoms with Gasteiger partial charge in [-0.3, -0.25) is 19.6 Å². The summed E-state index contributed by atoms with van der Waals surface area (Å²) >= 11 is 0. The van der Waals surface area contributed by atoms with Crippen LogP contribution >= 0.6 is 0 Å². The number of carboxylic acid groups (broad SMARTS) is 1. The minimum atomic E-state index is -0.767. The molecule has 0 radical (unpaired) electrons. The average Bonchev–Trinajstić information content (AvgIpc) is 2.87. The van der Waals surface area contributed by atoms with Crippen molar-refractivity contribution >= 4 is 17.6 Å². The quantitative estimate of drug-likeness (QED) is 0.932. The van der Waals surface area contributed by atoms with Gasteiger partial charge in [0, 0.05) is 20.0 Å². The molecule has 1 amide bonds. The maximum atomic E-state index is 11.9. The van der Waals surface area contributed by atoms with Gasteiger partial charge in [0.05, 0.1) is 11.1 Å². The fraction of sp³-hybridized carbons (Fsp3) is 0.529. The van der Waals surface area contributed by atoms with Crippen molar-refractivity contribution in [1.82, 2.24) is 5.01 Å². The predicted molar refractivity (Wildman–Crippen MR) is 83.6 cm³/mol. The molecular weight excluding hydrogens is 280 g/mol. The van der Waals surface area contributed by atoms with Gasteiger partial charge in [0.2, 0.25) is 5.91 Å². The molecule has 0 atom stereocenters. The normalized spacial score (nSPS) is 21.2. The number of carbonyl (C=O) groups is 2. The van der Waals surface area contributed by atoms with E-state index in [1.807, 2.05) is 29.3 Å². The molecule has 118 valence electrons. The molecule has 2 aliphatic rings. The summed E-state index contributed by atoms with van der Waals surface area (Å²) in [6.45, 7) is 0.652. The van der Waals surface area contributed by atoms with Gasteiger partial charge >= 0.3 is 5.97 Å². The minimum absolute atomic E-state index is 0.0935. The molecule has 5 heteroatoms. The zero-order valence-corrected chi connectivity index (χ0v) is 12.9. The number of rotatable bonds is 3. The molecule has 1 aromatic rings. The number of anilines is 1. The molecule has 0 spiro atoms. The first-order valence-electron chi connectivity index (χ1n) is 7.92. The van der Waals surface area contributed by atoms with Gasteiger partial charge in [0.15, 0.2) is 0 Å². The van der Waals surface area contributed by atoms with Crippen LogP contribution in [0.4, 0.5) is 5.69 Å². The number of hydrogen-bond acceptors (Lipinski definition) is 3. The van der Waals surface area contributed by atoms with Gasteiger partial charge in [-0.2, -0.15) is 0 Å². The molecule has 2 fully saturated rings. The first-order chi connectivity index (χ1) is 10.5. The lowest BCUT2D eigenvalue weighted by molar-refractivity contribution is -0.145. The van der Waals surface area contributed by atoms with E-state index in [1.54, 1.807) is 12.1 Å². The van der Waals surface area contributed by atoms with Crippen LogP contribution in [0.5, 0.6) is 0 Å². The summed E-state index contributed by atoms with van der Waals surface area (Å²) in [6.07, 6.45) is 4.92. The van der Waals surface area contributed by atoms with Crippen molar-refractivity contribution in [3.63, 3.8) is 0 Å². The number of carboxylic acids is 1. The van der Waals surface area contributed by atoms with E-state index in [1.165, 1.54) is 0 Å². The van der Waals surface area contributed by atoms with Crippen LogP contribution in [0, 0.1) is 0 Å². The minimum Gasteiger partial charge on any atom is -0.481 e. The van der Waals surface area contributed by atoms with Crippen LogP contribution in [-0.2, 0) is 15.0 Å². The summed E-state index contributed by atoms with van der Waals surface area (Å²) in [5, 5.41) is 13.4. The topological polar surface area (TPSA) is 60.9 Å². The highest BCUT2D eigenvalue weighted by Gasteiger charge is 2.41. The zero-order chi connectivity index (χ0) is 15.7. The SMILES string of the molecule is CN1C(=O)CCN1c1cccc(C2(C(=O)O)CCCCC2)c1. The average molecular weight is 302 g/mol. The van der Waals surface area contributed by atoms with Crippen molar-refractivity contribution in [2.24, 2.45) is 0 Å². The van der Waals surface area contributed by atoms with Gasteiger partial charge in [-0.15, -0.1) is 0 Å². The molecule has 1 aliphatic carbocycles. The van der Waals surface area contributed by atoms with Gasteiger partial charge in [0.25, 0.3) is 0 Å². The van der Waals surface area contributed by atoms with Crippen LogP contribution in [-0.4, -0.2) is 35.6 Å². The number of benzene rings is 1. The smallest absolute Gasteiger partial charge is 0.314 e. The van der Waals surface area contributed by atoms with E-state index in [-0.39, 0.29) is 5.91 Å². The lowest BCUT2D eigenvalue weighted by Crippen LogP contribution is -2.39. The number of hydrogen-bond donors (Lipinski definition) is 1. The molecule has 1 heterocycles. The highest BCUT2D eigenvalue weighted by Crippen LogP contribution is 2.41. The number of aliphatic carboxylic acids is 1. The molecule has 1 aliphatic heterocycles. The molecule has 1 aromatic carbocycles. The third kappa shape index (κ3) is 2.34. The van der Waals surface area contributed by atoms with Crippen molar-refractivity contribution in [3.05, 3.63) is 29.8 Å². The Hall–Kier alpha value is -2.04. The second-order valence-corrected chi connectivity index (χ2v) is 6.29. The van der Waals surface area contributed by atoms with Crippen molar-refractivity contribution in [2.45, 2.75) is 43.9 Å². The second kappa shape index (κ2) is 5.63. The van der Waals surface area contributed by atoms with Crippen LogP contribution in [0.2, 0.25) is 0 Å². The maximum Gasteiger partial charge on any atom is 0.314 e. The molecule has 5 nitrogen and oxygen atoms in total. The Morgan fingerprint density at radius 1 is 1.23 bits per heavy atom. The highest BCUT2D eigenvalue weighted by molar-refractivity contribution is 5.83. The maximum absolute atomic E-state index is 11.9. The fourth-order valence-corrected chi connectivity index (χ4v) is 3.70. The predicted octanol–water partition coefficient (Wildman–Crippen LogP) is 2.56. The molecule has 3 rings (SSSR count). The van der Waals surface area contributed by atoms with E-state index in [4.69, 9.17) is 0 Å². The lowest BCUT2D eigenvalue weighted by Gasteiger charge is -2.35. The standard InChI is InChI=1S/C17H22N2O3/c1-18-15(20)8-11-19(18)14-7-5-6-13(12-14)17(16(21)22)9-3-2-4-10-17/h5-7,12H,2-4,8-11H2,1H3,(H,21,22). The van der Waals surface area contributed by atoms with Crippen LogP contribution < -0.4 is 5.01 Å². The van der Waals surface area contributed by atoms with Gasteiger partial charge in [0.1, 0.15) is 0 Å². The Balaban J connectivity index is 1.96. The van der Waals surface area contributed by atoms with Crippen molar-refractivity contribution in [1.29, 1.82) is 0 Å². The summed E-state index contributed by atoms with van der Waals surface area (Å²) in [7, 11) is 1.76.